The highest BCUT2D eigenvalue weighted by atomic mass is 16.6. The Balaban J connectivity index is 1.68. The van der Waals surface area contributed by atoms with Gasteiger partial charge >= 0.3 is 0 Å². The second-order valence-electron chi connectivity index (χ2n) is 8.51. The van der Waals surface area contributed by atoms with Crippen LogP contribution in [0.5, 0.6) is 5.75 Å². The molecule has 1 aromatic carbocycles. The number of aryl methyl sites for hydroxylation is 2. The number of benzene rings is 1. The van der Waals surface area contributed by atoms with Gasteiger partial charge in [-0.3, -0.25) is 4.40 Å². The lowest BCUT2D eigenvalue weighted by Gasteiger charge is -2.17. The molecule has 0 aliphatic carbocycles. The summed E-state index contributed by atoms with van der Waals surface area (Å²) in [7, 11) is 0. The van der Waals surface area contributed by atoms with Gasteiger partial charge in [-0.1, -0.05) is 19.9 Å². The first-order valence-corrected chi connectivity index (χ1v) is 11.0. The first-order chi connectivity index (χ1) is 15.5. The van der Waals surface area contributed by atoms with Crippen LogP contribution in [-0.2, 0) is 4.74 Å². The van der Waals surface area contributed by atoms with Crippen LogP contribution >= 0.6 is 0 Å². The Bertz CT molecular complexity index is 1300. The normalized spacial score (nSPS) is 19.7. The van der Waals surface area contributed by atoms with E-state index in [1.54, 1.807) is 0 Å². The van der Waals surface area contributed by atoms with E-state index in [0.717, 1.165) is 40.1 Å². The Morgan fingerprint density at radius 2 is 1.97 bits per heavy atom. The summed E-state index contributed by atoms with van der Waals surface area (Å²) in [6.45, 7) is 8.96. The number of ether oxygens (including phenoxy) is 2. The molecule has 0 amide bonds. The first-order valence-electron chi connectivity index (χ1n) is 11.0. The van der Waals surface area contributed by atoms with Crippen LogP contribution in [0.1, 0.15) is 43.1 Å². The summed E-state index contributed by atoms with van der Waals surface area (Å²) in [6, 6.07) is 9.90. The van der Waals surface area contributed by atoms with Crippen LogP contribution in [0.3, 0.4) is 0 Å². The highest BCUT2D eigenvalue weighted by Crippen LogP contribution is 2.31. The van der Waals surface area contributed by atoms with E-state index in [4.69, 9.17) is 19.4 Å². The fourth-order valence-electron chi connectivity index (χ4n) is 4.04. The molecule has 32 heavy (non-hydrogen) atoms. The maximum Gasteiger partial charge on any atom is 0.184 e. The third-order valence-electron chi connectivity index (χ3n) is 6.22. The molecule has 0 saturated carbocycles. The second-order valence-corrected chi connectivity index (χ2v) is 8.51. The van der Waals surface area contributed by atoms with Gasteiger partial charge in [-0.25, -0.2) is 9.97 Å². The van der Waals surface area contributed by atoms with Crippen molar-refractivity contribution in [2.45, 2.75) is 52.2 Å². The molecule has 1 aliphatic heterocycles. The molecule has 0 spiro atoms. The van der Waals surface area contributed by atoms with E-state index < -0.39 is 6.10 Å². The minimum atomic E-state index is -0.630. The van der Waals surface area contributed by atoms with Crippen molar-refractivity contribution < 1.29 is 14.6 Å². The van der Waals surface area contributed by atoms with Crippen molar-refractivity contribution >= 4 is 16.8 Å². The van der Waals surface area contributed by atoms with Gasteiger partial charge < -0.3 is 14.6 Å². The summed E-state index contributed by atoms with van der Waals surface area (Å²) in [4.78, 5) is 9.66. The number of pyridine rings is 1. The minimum absolute atomic E-state index is 0.292. The number of aliphatic hydroxyl groups excluding tert-OH is 1. The van der Waals surface area contributed by atoms with Crippen LogP contribution in [0.15, 0.2) is 30.3 Å². The molecule has 1 saturated heterocycles. The van der Waals surface area contributed by atoms with Gasteiger partial charge in [0.1, 0.15) is 23.5 Å². The Labute approximate surface area is 186 Å². The predicted molar refractivity (Wildman–Crippen MR) is 121 cm³/mol. The van der Waals surface area contributed by atoms with E-state index in [-0.39, 0.29) is 6.10 Å². The lowest BCUT2D eigenvalue weighted by Crippen LogP contribution is -2.29. The van der Waals surface area contributed by atoms with Crippen LogP contribution in [0, 0.1) is 13.8 Å². The van der Waals surface area contributed by atoms with Gasteiger partial charge in [0.05, 0.1) is 18.9 Å². The molecule has 0 radical (unpaired) electrons. The fourth-order valence-corrected chi connectivity index (χ4v) is 4.04. The van der Waals surface area contributed by atoms with Crippen LogP contribution in [-0.4, -0.2) is 55.1 Å². The zero-order valence-corrected chi connectivity index (χ0v) is 18.7. The first kappa shape index (κ1) is 20.8. The van der Waals surface area contributed by atoms with Gasteiger partial charge in [-0.05, 0) is 56.0 Å². The Kier molecular flexibility index (Phi) is 5.27. The summed E-state index contributed by atoms with van der Waals surface area (Å²) < 4.78 is 13.3. The monoisotopic (exact) mass is 433 g/mol. The molecule has 8 heteroatoms. The quantitative estimate of drug-likeness (QED) is 0.514. The van der Waals surface area contributed by atoms with Crippen molar-refractivity contribution in [3.63, 3.8) is 0 Å². The molecule has 4 heterocycles. The maximum atomic E-state index is 10.0. The average Bonchev–Trinajstić information content (AvgIpc) is 3.41. The number of aromatic nitrogens is 5. The fraction of sp³-hybridized carbons (Fsp3) is 0.417. The summed E-state index contributed by atoms with van der Waals surface area (Å²) in [6.07, 6.45) is -0.00665. The van der Waals surface area contributed by atoms with Crippen LogP contribution in [0.2, 0.25) is 0 Å². The third kappa shape index (κ3) is 3.49. The van der Waals surface area contributed by atoms with Gasteiger partial charge in [-0.15, -0.1) is 10.2 Å². The van der Waals surface area contributed by atoms with Crippen molar-refractivity contribution in [1.82, 2.24) is 24.6 Å². The SMILES string of the molecule is CCC(C)c1ccc2nc(C)c3nnc(-c4cc(OC5COCC5O)ccc4C)n3c2n1. The van der Waals surface area contributed by atoms with Gasteiger partial charge in [0, 0.05) is 11.3 Å². The minimum Gasteiger partial charge on any atom is -0.485 e. The smallest absolute Gasteiger partial charge is 0.184 e. The van der Waals surface area contributed by atoms with Crippen LogP contribution in [0.4, 0.5) is 0 Å². The van der Waals surface area contributed by atoms with Crippen molar-refractivity contribution in [3.8, 4) is 17.1 Å². The van der Waals surface area contributed by atoms with Gasteiger partial charge in [0.25, 0.3) is 0 Å². The predicted octanol–water partition coefficient (Wildman–Crippen LogP) is 3.61. The lowest BCUT2D eigenvalue weighted by molar-refractivity contribution is 0.0734. The van der Waals surface area contributed by atoms with Crippen LogP contribution in [0.25, 0.3) is 28.2 Å². The van der Waals surface area contributed by atoms with E-state index in [0.29, 0.717) is 36.4 Å². The van der Waals surface area contributed by atoms with Gasteiger partial charge in [0.2, 0.25) is 0 Å². The summed E-state index contributed by atoms with van der Waals surface area (Å²) >= 11 is 0. The topological polar surface area (TPSA) is 94.7 Å². The highest BCUT2D eigenvalue weighted by molar-refractivity contribution is 5.79. The van der Waals surface area contributed by atoms with E-state index in [2.05, 4.69) is 24.0 Å². The van der Waals surface area contributed by atoms with E-state index in [9.17, 15) is 5.11 Å². The van der Waals surface area contributed by atoms with Crippen molar-refractivity contribution in [3.05, 3.63) is 47.3 Å². The van der Waals surface area contributed by atoms with Gasteiger partial charge in [-0.2, -0.15) is 0 Å². The third-order valence-corrected chi connectivity index (χ3v) is 6.22. The van der Waals surface area contributed by atoms with E-state index in [1.165, 1.54) is 0 Å². The Morgan fingerprint density at radius 3 is 2.72 bits per heavy atom. The standard InChI is InChI=1S/C24H27N5O3/c1-5-13(2)18-8-9-19-24(26-18)29-22(15(4)25-19)27-28-23(29)17-10-16(7-6-14(17)3)32-21-12-31-11-20(21)30/h6-10,13,20-21,30H,5,11-12H2,1-4H3. The largest absolute Gasteiger partial charge is 0.485 e. The number of aliphatic hydroxyl groups is 1. The molecule has 8 nitrogen and oxygen atoms in total. The Morgan fingerprint density at radius 1 is 1.12 bits per heavy atom. The molecule has 3 unspecified atom stereocenters. The number of hydrogen-bond acceptors (Lipinski definition) is 7. The zero-order chi connectivity index (χ0) is 22.4. The van der Waals surface area contributed by atoms with Crippen molar-refractivity contribution in [2.24, 2.45) is 0 Å². The average molecular weight is 434 g/mol. The molecule has 3 atom stereocenters. The zero-order valence-electron chi connectivity index (χ0n) is 18.7. The number of nitrogens with zero attached hydrogens (tertiary/aromatic N) is 5. The summed E-state index contributed by atoms with van der Waals surface area (Å²) in [5.74, 6) is 1.69. The summed E-state index contributed by atoms with van der Waals surface area (Å²) in [5.41, 5.74) is 5.99. The molecule has 1 N–H and O–H groups in total. The number of fused-ring (bicyclic) bond motifs is 3. The van der Waals surface area contributed by atoms with Crippen molar-refractivity contribution in [2.75, 3.05) is 13.2 Å². The molecule has 4 aromatic rings. The molecular weight excluding hydrogens is 406 g/mol. The molecule has 1 aliphatic rings. The number of hydrogen-bond donors (Lipinski definition) is 1. The molecule has 1 fully saturated rings. The molecule has 5 rings (SSSR count). The van der Waals surface area contributed by atoms with Gasteiger partial charge in [0.15, 0.2) is 17.1 Å². The van der Waals surface area contributed by atoms with Crippen molar-refractivity contribution in [1.29, 1.82) is 0 Å². The number of rotatable bonds is 5. The maximum absolute atomic E-state index is 10.0. The molecule has 0 bridgehead atoms. The molecule has 166 valence electrons. The van der Waals surface area contributed by atoms with E-state index >= 15 is 0 Å². The lowest BCUT2D eigenvalue weighted by atomic mass is 10.0. The molecular formula is C24H27N5O3. The highest BCUT2D eigenvalue weighted by Gasteiger charge is 2.28. The Hall–Kier alpha value is -3.10. The van der Waals surface area contributed by atoms with E-state index in [1.807, 2.05) is 48.6 Å². The molecule has 3 aromatic heterocycles. The van der Waals surface area contributed by atoms with Crippen LogP contribution < -0.4 is 4.74 Å². The second kappa shape index (κ2) is 8.11. The summed E-state index contributed by atoms with van der Waals surface area (Å²) in [5, 5.41) is 19.0.